The van der Waals surface area contributed by atoms with Crippen molar-refractivity contribution in [3.8, 4) is 11.5 Å². The Bertz CT molecular complexity index is 3460. The zero-order chi connectivity index (χ0) is 98.4. The molecular formula is C86H172N8O22P2S. The van der Waals surface area contributed by atoms with Gasteiger partial charge in [0.25, 0.3) is 5.97 Å². The molecule has 0 radical (unpaired) electrons. The maximum Gasteiger partial charge on any atom is 0.433 e. The van der Waals surface area contributed by atoms with Crippen LogP contribution in [0.2, 0.25) is 0 Å². The molecular weight excluding hydrogens is 1590 g/mol. The summed E-state index contributed by atoms with van der Waals surface area (Å²) in [7, 11) is 22.9. The molecule has 0 bridgehead atoms. The van der Waals surface area contributed by atoms with Crippen molar-refractivity contribution in [3.63, 3.8) is 0 Å². The molecule has 4 rings (SSSR count). The largest absolute Gasteiger partial charge is 0.496 e. The molecule has 119 heavy (non-hydrogen) atoms. The molecule has 0 aliphatic heterocycles. The van der Waals surface area contributed by atoms with E-state index in [1.54, 1.807) is 88.3 Å². The molecule has 0 aliphatic carbocycles. The number of ether oxygens (including phenoxy) is 8. The Hall–Kier alpha value is -6.60. The number of rotatable bonds is 9. The lowest BCUT2D eigenvalue weighted by Gasteiger charge is -2.28. The Morgan fingerprint density at radius 1 is 0.462 bits per heavy atom. The first-order valence-electron chi connectivity index (χ1n) is 37.7. The smallest absolute Gasteiger partial charge is 0.433 e. The molecule has 0 saturated carbocycles. The molecule has 0 aliphatic rings. The van der Waals surface area contributed by atoms with Crippen LogP contribution in [-0.4, -0.2) is 260 Å². The third-order valence-electron chi connectivity index (χ3n) is 15.5. The fourth-order valence-corrected chi connectivity index (χ4v) is 7.73. The van der Waals surface area contributed by atoms with Gasteiger partial charge in [-0.05, 0) is 192 Å². The van der Waals surface area contributed by atoms with Gasteiger partial charge in [-0.1, -0.05) is 83.1 Å². The summed E-state index contributed by atoms with van der Waals surface area (Å²) in [6.45, 7) is 70.5. The summed E-state index contributed by atoms with van der Waals surface area (Å²) in [5.74, 6) is 0.691. The lowest BCUT2D eigenvalue weighted by molar-refractivity contribution is -0.340. The second-order valence-electron chi connectivity index (χ2n) is 31.4. The number of thioether (sulfide) groups is 1. The third kappa shape index (κ3) is 74.9. The van der Waals surface area contributed by atoms with E-state index in [0.717, 1.165) is 39.3 Å². The molecule has 704 valence electrons. The number of ketones is 1. The maximum absolute atomic E-state index is 10.5. The predicted molar refractivity (Wildman–Crippen MR) is 493 cm³/mol. The monoisotopic (exact) mass is 1760 g/mol. The van der Waals surface area contributed by atoms with Crippen LogP contribution in [-0.2, 0) is 107 Å². The van der Waals surface area contributed by atoms with Crippen LogP contribution in [0.5, 0.6) is 11.5 Å². The number of carbonyl (C=O) groups excluding carboxylic acids is 7. The molecule has 0 unspecified atom stereocenters. The quantitative estimate of drug-likeness (QED) is 0.0350. The summed E-state index contributed by atoms with van der Waals surface area (Å²) in [6.07, 6.45) is 4.33. The van der Waals surface area contributed by atoms with Crippen LogP contribution in [0.4, 0.5) is 4.79 Å². The van der Waals surface area contributed by atoms with E-state index in [-0.39, 0.29) is 51.1 Å². The first-order chi connectivity index (χ1) is 53.5. The van der Waals surface area contributed by atoms with Crippen LogP contribution in [0.1, 0.15) is 228 Å². The first kappa shape index (κ1) is 138. The van der Waals surface area contributed by atoms with E-state index in [1.165, 1.54) is 217 Å². The SMILES string of the molecule is CC(=O)N(C)C.CC(=O)N(C)O.CC(C)=O.CC=O.COC.COC(=O)N(C)OC.COC(C)(OC)OC.COC(C)=O.CON(C)C(C)=O.COP(C)(=O)OC.COc1c(C(C)(C)C)nc(C)c(C)c1C.COc1c(C)c(C)c(C)c(C)c1C(C)(C)C.CP(C)(C)=O.CSC.Cc1[nH]c(C(C)(C)C)c(C)c1C.Cc1[nH]nc(C(C)(C)C)c1C. The predicted octanol–water partition coefficient (Wildman–Crippen LogP) is 18.5. The van der Waals surface area contributed by atoms with Crippen molar-refractivity contribution < 1.29 is 105 Å². The Kier molecular flexibility index (Phi) is 83.6. The van der Waals surface area contributed by atoms with Gasteiger partial charge in [0.15, 0.2) is 0 Å². The van der Waals surface area contributed by atoms with Crippen molar-refractivity contribution >= 4 is 68.4 Å². The summed E-state index contributed by atoms with van der Waals surface area (Å²) in [4.78, 5) is 86.8. The molecule has 4 aromatic rings. The summed E-state index contributed by atoms with van der Waals surface area (Å²) < 4.78 is 67.7. The molecule has 0 atom stereocenters. The van der Waals surface area contributed by atoms with Crippen LogP contribution >= 0.6 is 26.5 Å². The van der Waals surface area contributed by atoms with Gasteiger partial charge in [-0.3, -0.25) is 48.7 Å². The maximum atomic E-state index is 10.5. The highest BCUT2D eigenvalue weighted by Gasteiger charge is 2.27. The third-order valence-corrected chi connectivity index (χ3v) is 16.9. The number of methoxy groups -OCH3 is 8. The number of aldehydes is 1. The highest BCUT2D eigenvalue weighted by Crippen LogP contribution is 2.42. The topological polar surface area (TPSA) is 355 Å². The normalized spacial score (nSPS) is 10.2. The second-order valence-corrected chi connectivity index (χ2v) is 38.3. The van der Waals surface area contributed by atoms with Crippen LogP contribution < -0.4 is 9.47 Å². The minimum Gasteiger partial charge on any atom is -0.496 e. The van der Waals surface area contributed by atoms with Gasteiger partial charge in [0, 0.05) is 171 Å². The molecule has 4 amide bonds. The number of aryl methyl sites for hydroxylation is 3. The van der Waals surface area contributed by atoms with Crippen molar-refractivity contribution in [2.75, 3.05) is 167 Å². The number of aromatic nitrogens is 4. The van der Waals surface area contributed by atoms with E-state index in [0.29, 0.717) is 5.06 Å². The fraction of sp³-hybridized carbons (Fsp3) is 0.709. The van der Waals surface area contributed by atoms with Crippen LogP contribution in [0, 0.1) is 83.1 Å². The lowest BCUT2D eigenvalue weighted by atomic mass is 9.79. The van der Waals surface area contributed by atoms with Gasteiger partial charge >= 0.3 is 19.7 Å². The number of carbonyl (C=O) groups is 7. The van der Waals surface area contributed by atoms with Gasteiger partial charge in [-0.2, -0.15) is 21.9 Å². The van der Waals surface area contributed by atoms with E-state index in [4.69, 9.17) is 33.7 Å². The number of aromatic amines is 2. The van der Waals surface area contributed by atoms with Crippen LogP contribution in [0.25, 0.3) is 0 Å². The standard InChI is InChI=1S/C15H24O.C13H21NO.C11H19N.C9H16N2.C5H12O3.C4H9NO3.C4H9NO2.C4H9NO.C3H7NO2.C3H9O3P.C3H6O2.C3H9OP.C3H6O.C2H6O.C2H4O.C2H6S/c1-9-10(2)12(4)14(16-8)13(11(9)3)15(5,6)7;1-8-9(2)11(15-7)12(13(4,5)6)14-10(8)3;1-7-8(2)10(11(4,5)6)12-9(7)3;1-6-7(2)10-11-8(6)9(3,4)5;1-5(6-2,7-3)8-4;1-5(8-3)4(6)7-2;1-4(6)5(2)7-3;1-4(6)5(2)3;1-3(5)4(2)6;1-5-7(3,4)6-2;1-3(4)5-2;1-5(2,3)4;1-3(2)4;1-3-2;1-2-3;1-3-2/h1-8H3;1-7H3;12H,1-6H3;1-5H3,(H,10,11);1-4H3;1-3H3;1-3H3;1-3H3;6H,1-2H3;1-3H3;1-2H3;1-3H3;1-2H3;1-2H3;2H,1H3;1-2H3. The number of Topliss-reactive ketones (excluding diaryl/α,β-unsaturated/α-hetero) is 1. The van der Waals surface area contributed by atoms with E-state index in [1.807, 2.05) is 12.5 Å². The average Bonchev–Trinajstić information content (AvgIpc) is 1.53. The number of hydroxylamine groups is 6. The van der Waals surface area contributed by atoms with Gasteiger partial charge in [0.05, 0.1) is 61.2 Å². The fourth-order valence-electron chi connectivity index (χ4n) is 7.58. The summed E-state index contributed by atoms with van der Waals surface area (Å²) in [5, 5.41) is 18.0. The van der Waals surface area contributed by atoms with Crippen molar-refractivity contribution in [2.45, 2.75) is 249 Å². The van der Waals surface area contributed by atoms with E-state index in [2.05, 4.69) is 219 Å². The summed E-state index contributed by atoms with van der Waals surface area (Å²) in [5.41, 5.74) is 21.0. The van der Waals surface area contributed by atoms with Crippen molar-refractivity contribution in [2.24, 2.45) is 0 Å². The van der Waals surface area contributed by atoms with Crippen molar-refractivity contribution in [3.05, 3.63) is 89.8 Å². The highest BCUT2D eigenvalue weighted by atomic mass is 32.2. The molecule has 0 saturated heterocycles. The van der Waals surface area contributed by atoms with Gasteiger partial charge in [0.1, 0.15) is 23.6 Å². The Balaban J connectivity index is -0.000000105. The number of amides is 4. The Labute approximate surface area is 726 Å². The number of hydrogen-bond acceptors (Lipinski definition) is 25. The lowest BCUT2D eigenvalue weighted by Crippen LogP contribution is -2.31. The molecule has 1 aromatic carbocycles. The second kappa shape index (κ2) is 71.9. The summed E-state index contributed by atoms with van der Waals surface area (Å²) in [6, 6.07) is 0. The zero-order valence-corrected chi connectivity index (χ0v) is 87.7. The van der Waals surface area contributed by atoms with Gasteiger partial charge in [-0.25, -0.2) is 14.9 Å². The minimum absolute atomic E-state index is 0.0224. The van der Waals surface area contributed by atoms with E-state index >= 15 is 0 Å². The average molecular weight is 1760 g/mol. The number of H-pyrrole nitrogens is 2. The molecule has 0 fully saturated rings. The minimum atomic E-state index is -2.65. The molecule has 0 spiro atoms. The van der Waals surface area contributed by atoms with E-state index < -0.39 is 26.8 Å². The molecule has 3 aromatic heterocycles. The van der Waals surface area contributed by atoms with Gasteiger partial charge in [-0.15, -0.1) is 0 Å². The van der Waals surface area contributed by atoms with Crippen molar-refractivity contribution in [1.82, 2.24) is 40.3 Å². The molecule has 30 nitrogen and oxygen atoms in total. The zero-order valence-electron chi connectivity index (χ0n) is 85.1. The number of esters is 1. The highest BCUT2D eigenvalue weighted by molar-refractivity contribution is 7.97. The Morgan fingerprint density at radius 2 is 0.773 bits per heavy atom. The van der Waals surface area contributed by atoms with Gasteiger partial charge in [0.2, 0.25) is 17.7 Å². The first-order valence-corrected chi connectivity index (χ1v) is 44.4. The molecule has 3 heterocycles. The summed E-state index contributed by atoms with van der Waals surface area (Å²) >= 11 is 1.75. The van der Waals surface area contributed by atoms with E-state index in [9.17, 15) is 37.9 Å². The number of nitrogens with one attached hydrogen (secondary N) is 2. The van der Waals surface area contributed by atoms with Crippen LogP contribution in [0.15, 0.2) is 0 Å². The van der Waals surface area contributed by atoms with Crippen molar-refractivity contribution in [1.29, 1.82) is 0 Å². The number of nitrogens with zero attached hydrogens (tertiary/aromatic N) is 6. The molecule has 3 N–H and O–H groups in total. The Morgan fingerprint density at radius 3 is 0.916 bits per heavy atom. The van der Waals surface area contributed by atoms with Gasteiger partial charge < -0.3 is 71.0 Å². The number of hydrogen-bond donors (Lipinski definition) is 3. The van der Waals surface area contributed by atoms with Crippen LogP contribution in [0.3, 0.4) is 0 Å². The number of pyridine rings is 1. The molecule has 33 heteroatoms. The number of benzene rings is 1.